The zero-order valence-corrected chi connectivity index (χ0v) is 13.3. The molecule has 24 heavy (non-hydrogen) atoms. The van der Waals surface area contributed by atoms with Crippen molar-refractivity contribution >= 4 is 23.2 Å². The lowest BCUT2D eigenvalue weighted by atomic mass is 10.1. The summed E-state index contributed by atoms with van der Waals surface area (Å²) in [7, 11) is 0. The Labute approximate surface area is 138 Å². The molecule has 0 spiro atoms. The summed E-state index contributed by atoms with van der Waals surface area (Å²) in [5, 5.41) is 16.0. The minimum atomic E-state index is -0.793. The van der Waals surface area contributed by atoms with Gasteiger partial charge in [-0.2, -0.15) is 0 Å². The SMILES string of the molecule is Cc1ccc(NC(=O)[C@H](C)NC(=O)c2cccc([N+](=O)[O-])c2)cc1. The van der Waals surface area contributed by atoms with Gasteiger partial charge in [-0.1, -0.05) is 23.8 Å². The molecular formula is C17H17N3O4. The number of rotatable bonds is 5. The molecule has 2 aromatic rings. The summed E-state index contributed by atoms with van der Waals surface area (Å²) in [5.74, 6) is -0.928. The smallest absolute Gasteiger partial charge is 0.270 e. The summed E-state index contributed by atoms with van der Waals surface area (Å²) in [6, 6.07) is 11.8. The fourth-order valence-electron chi connectivity index (χ4n) is 1.99. The van der Waals surface area contributed by atoms with Crippen LogP contribution in [0.3, 0.4) is 0 Å². The number of aryl methyl sites for hydroxylation is 1. The van der Waals surface area contributed by atoms with Gasteiger partial charge in [-0.15, -0.1) is 0 Å². The van der Waals surface area contributed by atoms with E-state index in [1.54, 1.807) is 19.1 Å². The van der Waals surface area contributed by atoms with Crippen LogP contribution in [0.2, 0.25) is 0 Å². The minimum absolute atomic E-state index is 0.124. The van der Waals surface area contributed by atoms with Gasteiger partial charge in [-0.25, -0.2) is 0 Å². The highest BCUT2D eigenvalue weighted by Crippen LogP contribution is 2.13. The third-order valence-corrected chi connectivity index (χ3v) is 3.38. The van der Waals surface area contributed by atoms with Crippen molar-refractivity contribution in [2.24, 2.45) is 0 Å². The molecule has 2 amide bonds. The molecule has 1 atom stereocenters. The molecule has 0 saturated carbocycles. The van der Waals surface area contributed by atoms with E-state index in [-0.39, 0.29) is 17.2 Å². The lowest BCUT2D eigenvalue weighted by molar-refractivity contribution is -0.384. The number of anilines is 1. The van der Waals surface area contributed by atoms with Gasteiger partial charge in [-0.3, -0.25) is 19.7 Å². The van der Waals surface area contributed by atoms with Gasteiger partial charge in [0.1, 0.15) is 6.04 Å². The van der Waals surface area contributed by atoms with Crippen LogP contribution in [0.1, 0.15) is 22.8 Å². The maximum atomic E-state index is 12.1. The van der Waals surface area contributed by atoms with Crippen molar-refractivity contribution in [2.75, 3.05) is 5.32 Å². The van der Waals surface area contributed by atoms with Crippen LogP contribution in [-0.4, -0.2) is 22.8 Å². The summed E-state index contributed by atoms with van der Waals surface area (Å²) >= 11 is 0. The summed E-state index contributed by atoms with van der Waals surface area (Å²) in [5.41, 5.74) is 1.64. The van der Waals surface area contributed by atoms with Crippen molar-refractivity contribution in [3.63, 3.8) is 0 Å². The highest BCUT2D eigenvalue weighted by atomic mass is 16.6. The first kappa shape index (κ1) is 17.1. The Balaban J connectivity index is 2.00. The average molecular weight is 327 g/mol. The highest BCUT2D eigenvalue weighted by molar-refractivity contribution is 6.01. The topological polar surface area (TPSA) is 101 Å². The lowest BCUT2D eigenvalue weighted by Gasteiger charge is -2.14. The van der Waals surface area contributed by atoms with Gasteiger partial charge in [-0.05, 0) is 32.0 Å². The molecule has 2 aromatic carbocycles. The number of hydrogen-bond donors (Lipinski definition) is 2. The van der Waals surface area contributed by atoms with Crippen LogP contribution >= 0.6 is 0 Å². The molecular weight excluding hydrogens is 310 g/mol. The van der Waals surface area contributed by atoms with E-state index in [9.17, 15) is 19.7 Å². The lowest BCUT2D eigenvalue weighted by Crippen LogP contribution is -2.41. The van der Waals surface area contributed by atoms with Crippen molar-refractivity contribution in [2.45, 2.75) is 19.9 Å². The Morgan fingerprint density at radius 3 is 2.42 bits per heavy atom. The molecule has 0 aliphatic rings. The molecule has 0 heterocycles. The van der Waals surface area contributed by atoms with Crippen LogP contribution in [0.5, 0.6) is 0 Å². The monoisotopic (exact) mass is 327 g/mol. The maximum Gasteiger partial charge on any atom is 0.270 e. The Morgan fingerprint density at radius 2 is 1.79 bits per heavy atom. The number of nitro groups is 1. The van der Waals surface area contributed by atoms with Crippen molar-refractivity contribution in [1.29, 1.82) is 0 Å². The molecule has 0 aromatic heterocycles. The molecule has 7 nitrogen and oxygen atoms in total. The van der Waals surface area contributed by atoms with E-state index in [0.29, 0.717) is 5.69 Å². The van der Waals surface area contributed by atoms with Gasteiger partial charge in [0.2, 0.25) is 5.91 Å². The largest absolute Gasteiger partial charge is 0.341 e. The van der Waals surface area contributed by atoms with E-state index >= 15 is 0 Å². The Morgan fingerprint density at radius 1 is 1.12 bits per heavy atom. The van der Waals surface area contributed by atoms with E-state index in [0.717, 1.165) is 5.56 Å². The van der Waals surface area contributed by atoms with Crippen LogP contribution in [0, 0.1) is 17.0 Å². The molecule has 0 aliphatic carbocycles. The third-order valence-electron chi connectivity index (χ3n) is 3.38. The first-order valence-electron chi connectivity index (χ1n) is 7.29. The highest BCUT2D eigenvalue weighted by Gasteiger charge is 2.18. The third kappa shape index (κ3) is 4.39. The van der Waals surface area contributed by atoms with Crippen molar-refractivity contribution in [1.82, 2.24) is 5.32 Å². The molecule has 0 unspecified atom stereocenters. The summed E-state index contributed by atoms with van der Waals surface area (Å²) in [4.78, 5) is 34.4. The summed E-state index contributed by atoms with van der Waals surface area (Å²) < 4.78 is 0. The fourth-order valence-corrected chi connectivity index (χ4v) is 1.99. The van der Waals surface area contributed by atoms with Gasteiger partial charge < -0.3 is 10.6 Å². The molecule has 7 heteroatoms. The molecule has 0 saturated heterocycles. The van der Waals surface area contributed by atoms with Crippen LogP contribution < -0.4 is 10.6 Å². The number of nitrogens with zero attached hydrogens (tertiary/aromatic N) is 1. The van der Waals surface area contributed by atoms with Crippen molar-refractivity contribution < 1.29 is 14.5 Å². The van der Waals surface area contributed by atoms with Crippen LogP contribution in [0.4, 0.5) is 11.4 Å². The molecule has 0 aliphatic heterocycles. The molecule has 0 radical (unpaired) electrons. The second-order valence-electron chi connectivity index (χ2n) is 5.36. The van der Waals surface area contributed by atoms with E-state index in [1.807, 2.05) is 19.1 Å². The maximum absolute atomic E-state index is 12.1. The first-order chi connectivity index (χ1) is 11.4. The zero-order chi connectivity index (χ0) is 17.7. The molecule has 2 N–H and O–H groups in total. The predicted molar refractivity (Wildman–Crippen MR) is 89.8 cm³/mol. The number of carbonyl (C=O) groups is 2. The quantitative estimate of drug-likeness (QED) is 0.651. The minimum Gasteiger partial charge on any atom is -0.341 e. The number of amides is 2. The van der Waals surface area contributed by atoms with E-state index < -0.39 is 16.9 Å². The van der Waals surface area contributed by atoms with Crippen LogP contribution in [-0.2, 0) is 4.79 Å². The van der Waals surface area contributed by atoms with Crippen LogP contribution in [0.25, 0.3) is 0 Å². The predicted octanol–water partition coefficient (Wildman–Crippen LogP) is 2.66. The fraction of sp³-hybridized carbons (Fsp3) is 0.176. The number of hydrogen-bond acceptors (Lipinski definition) is 4. The van der Waals surface area contributed by atoms with E-state index in [2.05, 4.69) is 10.6 Å². The first-order valence-corrected chi connectivity index (χ1v) is 7.29. The van der Waals surface area contributed by atoms with Gasteiger partial charge >= 0.3 is 0 Å². The second kappa shape index (κ2) is 7.36. The van der Waals surface area contributed by atoms with Gasteiger partial charge in [0.15, 0.2) is 0 Å². The number of nitro benzene ring substituents is 1. The number of carbonyl (C=O) groups excluding carboxylic acids is 2. The molecule has 0 bridgehead atoms. The Hall–Kier alpha value is -3.22. The molecule has 0 fully saturated rings. The van der Waals surface area contributed by atoms with E-state index in [4.69, 9.17) is 0 Å². The normalized spacial score (nSPS) is 11.4. The Bertz CT molecular complexity index is 772. The van der Waals surface area contributed by atoms with Gasteiger partial charge in [0, 0.05) is 23.4 Å². The van der Waals surface area contributed by atoms with Crippen molar-refractivity contribution in [3.8, 4) is 0 Å². The number of non-ortho nitro benzene ring substituents is 1. The summed E-state index contributed by atoms with van der Waals surface area (Å²) in [6.07, 6.45) is 0. The van der Waals surface area contributed by atoms with Crippen molar-refractivity contribution in [3.05, 3.63) is 69.8 Å². The standard InChI is InChI=1S/C17H17N3O4/c1-11-6-8-14(9-7-11)19-16(21)12(2)18-17(22)13-4-3-5-15(10-13)20(23)24/h3-10,12H,1-2H3,(H,18,22)(H,19,21)/t12-/m0/s1. The van der Waals surface area contributed by atoms with Gasteiger partial charge in [0.05, 0.1) is 4.92 Å². The number of benzene rings is 2. The Kier molecular flexibility index (Phi) is 5.26. The van der Waals surface area contributed by atoms with Crippen LogP contribution in [0.15, 0.2) is 48.5 Å². The molecule has 124 valence electrons. The molecule has 2 rings (SSSR count). The second-order valence-corrected chi connectivity index (χ2v) is 5.36. The summed E-state index contributed by atoms with van der Waals surface area (Å²) in [6.45, 7) is 3.48. The van der Waals surface area contributed by atoms with E-state index in [1.165, 1.54) is 24.3 Å². The number of nitrogens with one attached hydrogen (secondary N) is 2. The van der Waals surface area contributed by atoms with Gasteiger partial charge in [0.25, 0.3) is 11.6 Å². The zero-order valence-electron chi connectivity index (χ0n) is 13.3. The average Bonchev–Trinajstić information content (AvgIpc) is 2.56.